The monoisotopic (exact) mass is 487 g/mol. The fourth-order valence-corrected chi connectivity index (χ4v) is 4.63. The number of carbonyl (C=O) groups excluding carboxylic acids is 1. The molecular formula is C30H27ClFNO2. The van der Waals surface area contributed by atoms with E-state index in [0.29, 0.717) is 18.1 Å². The van der Waals surface area contributed by atoms with Crippen molar-refractivity contribution in [2.24, 2.45) is 0 Å². The van der Waals surface area contributed by atoms with Gasteiger partial charge in [0.2, 0.25) is 0 Å². The molecule has 0 fully saturated rings. The van der Waals surface area contributed by atoms with Gasteiger partial charge in [-0.1, -0.05) is 67.1 Å². The van der Waals surface area contributed by atoms with Gasteiger partial charge in [-0.15, -0.1) is 0 Å². The molecule has 0 radical (unpaired) electrons. The van der Waals surface area contributed by atoms with Gasteiger partial charge in [-0.05, 0) is 72.4 Å². The normalized spacial score (nSPS) is 12.3. The van der Waals surface area contributed by atoms with Crippen molar-refractivity contribution >= 4 is 45.7 Å². The van der Waals surface area contributed by atoms with Gasteiger partial charge in [0, 0.05) is 22.6 Å². The molecule has 0 unspecified atom stereocenters. The third kappa shape index (κ3) is 5.23. The summed E-state index contributed by atoms with van der Waals surface area (Å²) >= 11 is 6.53. The number of aryl methyl sites for hydroxylation is 1. The Hall–Kier alpha value is -3.63. The number of ether oxygens (including phenoxy) is 1. The van der Waals surface area contributed by atoms with Gasteiger partial charge in [-0.3, -0.25) is 0 Å². The summed E-state index contributed by atoms with van der Waals surface area (Å²) in [4.78, 5) is 15.3. The smallest absolute Gasteiger partial charge is 0.330 e. The zero-order chi connectivity index (χ0) is 24.9. The molecule has 0 aliphatic rings. The van der Waals surface area contributed by atoms with Crippen molar-refractivity contribution in [3.8, 4) is 0 Å². The summed E-state index contributed by atoms with van der Waals surface area (Å²) in [6.45, 7) is 6.29. The molecule has 4 aromatic rings. The number of rotatable bonds is 7. The van der Waals surface area contributed by atoms with Crippen LogP contribution in [-0.4, -0.2) is 17.6 Å². The van der Waals surface area contributed by atoms with E-state index in [2.05, 4.69) is 31.0 Å². The van der Waals surface area contributed by atoms with Crippen molar-refractivity contribution in [2.75, 3.05) is 6.61 Å². The summed E-state index contributed by atoms with van der Waals surface area (Å²) in [6.07, 6.45) is 3.85. The van der Waals surface area contributed by atoms with Crippen LogP contribution in [0.15, 0.2) is 72.8 Å². The summed E-state index contributed by atoms with van der Waals surface area (Å²) in [7, 11) is 0. The van der Waals surface area contributed by atoms with Crippen LogP contribution in [0.4, 0.5) is 4.39 Å². The van der Waals surface area contributed by atoms with Crippen LogP contribution in [0.25, 0.3) is 28.1 Å². The largest absolute Gasteiger partial charge is 0.463 e. The Morgan fingerprint density at radius 3 is 2.46 bits per heavy atom. The van der Waals surface area contributed by atoms with Crippen molar-refractivity contribution in [1.29, 1.82) is 0 Å². The molecule has 0 bridgehead atoms. The number of para-hydroxylation sites is 1. The average molecular weight is 488 g/mol. The highest BCUT2D eigenvalue weighted by Crippen LogP contribution is 2.39. The number of hydrogen-bond donors (Lipinski definition) is 1. The van der Waals surface area contributed by atoms with Crippen LogP contribution in [0.5, 0.6) is 0 Å². The fourth-order valence-electron chi connectivity index (χ4n) is 4.35. The van der Waals surface area contributed by atoms with Gasteiger partial charge in [0.1, 0.15) is 5.82 Å². The van der Waals surface area contributed by atoms with Gasteiger partial charge in [0.25, 0.3) is 0 Å². The molecule has 0 amide bonds. The predicted octanol–water partition coefficient (Wildman–Crippen LogP) is 8.21. The van der Waals surface area contributed by atoms with Crippen molar-refractivity contribution in [3.05, 3.63) is 112 Å². The first-order valence-electron chi connectivity index (χ1n) is 11.6. The van der Waals surface area contributed by atoms with Crippen molar-refractivity contribution in [3.63, 3.8) is 0 Å². The number of aromatic nitrogens is 1. The molecule has 1 N–H and O–H groups in total. The minimum Gasteiger partial charge on any atom is -0.463 e. The zero-order valence-corrected chi connectivity index (χ0v) is 20.7. The predicted molar refractivity (Wildman–Crippen MR) is 143 cm³/mol. The molecule has 0 saturated carbocycles. The van der Waals surface area contributed by atoms with Crippen LogP contribution in [0, 0.1) is 12.7 Å². The maximum absolute atomic E-state index is 13.8. The number of carbonyl (C=O) groups is 1. The van der Waals surface area contributed by atoms with E-state index in [-0.39, 0.29) is 11.8 Å². The number of aromatic amines is 1. The van der Waals surface area contributed by atoms with Crippen LogP contribution in [0.2, 0.25) is 5.02 Å². The lowest BCUT2D eigenvalue weighted by molar-refractivity contribution is -0.137. The molecule has 0 saturated heterocycles. The third-order valence-corrected chi connectivity index (χ3v) is 6.34. The van der Waals surface area contributed by atoms with Gasteiger partial charge < -0.3 is 9.72 Å². The Kier molecular flexibility index (Phi) is 7.52. The topological polar surface area (TPSA) is 42.1 Å². The van der Waals surface area contributed by atoms with E-state index in [1.165, 1.54) is 18.2 Å². The van der Waals surface area contributed by atoms with Gasteiger partial charge in [-0.25, -0.2) is 9.18 Å². The van der Waals surface area contributed by atoms with Crippen LogP contribution in [0.3, 0.4) is 0 Å². The number of esters is 1. The Balaban J connectivity index is 1.90. The summed E-state index contributed by atoms with van der Waals surface area (Å²) in [5, 5.41) is 1.52. The number of nitrogens with one attached hydrogen (secondary N) is 1. The highest BCUT2D eigenvalue weighted by atomic mass is 35.5. The van der Waals surface area contributed by atoms with Gasteiger partial charge in [0.15, 0.2) is 0 Å². The summed E-state index contributed by atoms with van der Waals surface area (Å²) in [5.41, 5.74) is 7.87. The van der Waals surface area contributed by atoms with Gasteiger partial charge in [-0.2, -0.15) is 0 Å². The maximum Gasteiger partial charge on any atom is 0.330 e. The molecule has 0 aliphatic carbocycles. The first kappa shape index (κ1) is 24.5. The quantitative estimate of drug-likeness (QED) is 0.162. The van der Waals surface area contributed by atoms with E-state index in [9.17, 15) is 9.18 Å². The van der Waals surface area contributed by atoms with E-state index < -0.39 is 0 Å². The summed E-state index contributed by atoms with van der Waals surface area (Å²) in [6, 6.07) is 20.7. The number of benzene rings is 3. The van der Waals surface area contributed by atoms with E-state index >= 15 is 0 Å². The maximum atomic E-state index is 13.8. The lowest BCUT2D eigenvalue weighted by atomic mass is 9.89. The minimum atomic E-state index is -0.370. The number of H-pyrrole nitrogens is 1. The molecule has 5 heteroatoms. The minimum absolute atomic E-state index is 0.339. The number of fused-ring (bicyclic) bond motifs is 1. The molecule has 1 heterocycles. The second-order valence-electron chi connectivity index (χ2n) is 8.21. The van der Waals surface area contributed by atoms with E-state index in [1.807, 2.05) is 36.4 Å². The van der Waals surface area contributed by atoms with Crippen molar-refractivity contribution in [2.45, 2.75) is 27.2 Å². The SMILES string of the molecule is CCOC(=O)/C=C/c1ccc(/C(=C(/CC)c2ccc(F)cc2Cl)c2[nH]c3ccccc3c2C)cc1. The number of hydrogen-bond acceptors (Lipinski definition) is 2. The lowest BCUT2D eigenvalue weighted by Gasteiger charge is -2.17. The Morgan fingerprint density at radius 2 is 1.80 bits per heavy atom. The number of halogens is 2. The van der Waals surface area contributed by atoms with E-state index in [4.69, 9.17) is 16.3 Å². The molecule has 0 aliphatic heterocycles. The zero-order valence-electron chi connectivity index (χ0n) is 20.0. The van der Waals surface area contributed by atoms with Crippen LogP contribution in [-0.2, 0) is 9.53 Å². The standard InChI is InChI=1S/C30H27ClFNO2/c1-4-23(25-16-15-22(32)18-26(25)31)29(30-19(3)24-8-6-7-9-27(24)33-30)21-13-10-20(11-14-21)12-17-28(34)35-5-2/h6-18,33H,4-5H2,1-3H3/b17-12+,29-23+. The lowest BCUT2D eigenvalue weighted by Crippen LogP contribution is -1.99. The highest BCUT2D eigenvalue weighted by molar-refractivity contribution is 6.32. The molecule has 0 spiro atoms. The van der Waals surface area contributed by atoms with Gasteiger partial charge in [0.05, 0.1) is 17.3 Å². The Labute approximate surface area is 209 Å². The first-order chi connectivity index (χ1) is 16.9. The average Bonchev–Trinajstić information content (AvgIpc) is 3.18. The summed E-state index contributed by atoms with van der Waals surface area (Å²) in [5.74, 6) is -0.736. The molecule has 1 aromatic heterocycles. The van der Waals surface area contributed by atoms with Crippen molar-refractivity contribution < 1.29 is 13.9 Å². The molecule has 0 atom stereocenters. The molecule has 35 heavy (non-hydrogen) atoms. The first-order valence-corrected chi connectivity index (χ1v) is 12.0. The van der Waals surface area contributed by atoms with Gasteiger partial charge >= 0.3 is 5.97 Å². The Bertz CT molecular complexity index is 1430. The van der Waals surface area contributed by atoms with Crippen LogP contribution < -0.4 is 0 Å². The second-order valence-corrected chi connectivity index (χ2v) is 8.62. The van der Waals surface area contributed by atoms with Crippen LogP contribution >= 0.6 is 11.6 Å². The fraction of sp³-hybridized carbons (Fsp3) is 0.167. The third-order valence-electron chi connectivity index (χ3n) is 6.03. The highest BCUT2D eigenvalue weighted by Gasteiger charge is 2.19. The summed E-state index contributed by atoms with van der Waals surface area (Å²) < 4.78 is 18.8. The Morgan fingerprint density at radius 1 is 1.06 bits per heavy atom. The van der Waals surface area contributed by atoms with Crippen LogP contribution in [0.1, 0.15) is 48.2 Å². The number of allylic oxidation sites excluding steroid dienone is 1. The molecule has 3 aromatic carbocycles. The van der Waals surface area contributed by atoms with E-state index in [1.54, 1.807) is 19.1 Å². The molecule has 4 rings (SSSR count). The molecule has 178 valence electrons. The molecular weight excluding hydrogens is 461 g/mol. The van der Waals surface area contributed by atoms with E-state index in [0.717, 1.165) is 50.0 Å². The van der Waals surface area contributed by atoms with Crippen molar-refractivity contribution in [1.82, 2.24) is 4.98 Å². The second kappa shape index (κ2) is 10.7. The molecule has 3 nitrogen and oxygen atoms in total.